The van der Waals surface area contributed by atoms with E-state index < -0.39 is 0 Å². The molecule has 0 fully saturated rings. The smallest absolute Gasteiger partial charge is 0.226 e. The lowest BCUT2D eigenvalue weighted by Gasteiger charge is -1.99. The van der Waals surface area contributed by atoms with Crippen LogP contribution in [0.3, 0.4) is 0 Å². The summed E-state index contributed by atoms with van der Waals surface area (Å²) in [4.78, 5) is 10.1. The van der Waals surface area contributed by atoms with Crippen molar-refractivity contribution in [1.29, 1.82) is 0 Å². The van der Waals surface area contributed by atoms with E-state index in [2.05, 4.69) is 9.97 Å². The van der Waals surface area contributed by atoms with Gasteiger partial charge in [0.1, 0.15) is 4.83 Å². The van der Waals surface area contributed by atoms with Crippen LogP contribution in [0.15, 0.2) is 6.07 Å². The predicted octanol–water partition coefficient (Wildman–Crippen LogP) is 1.59. The number of thiophene rings is 1. The molecule has 0 aliphatic heterocycles. The molecule has 4 nitrogen and oxygen atoms in total. The molecule has 0 saturated carbocycles. The number of rotatable bonds is 1. The van der Waals surface area contributed by atoms with E-state index in [1.165, 1.54) is 4.88 Å². The van der Waals surface area contributed by atoms with Crippen molar-refractivity contribution in [1.82, 2.24) is 9.97 Å². The molecule has 0 aromatic carbocycles. The lowest BCUT2D eigenvalue weighted by atomic mass is 10.3. The standard InChI is InChI=1S/C8H9N3OS/c1-4-3-5-6(12-2)10-8(9)11-7(5)13-4/h3H,1-2H3,(H2,9,10,11). The number of nitrogens with zero attached hydrogens (tertiary/aromatic N) is 2. The van der Waals surface area contributed by atoms with Crippen molar-refractivity contribution in [2.75, 3.05) is 12.8 Å². The highest BCUT2D eigenvalue weighted by atomic mass is 32.1. The van der Waals surface area contributed by atoms with E-state index in [9.17, 15) is 0 Å². The monoisotopic (exact) mass is 195 g/mol. The van der Waals surface area contributed by atoms with Crippen LogP contribution in [0.25, 0.3) is 10.2 Å². The van der Waals surface area contributed by atoms with Gasteiger partial charge in [0.25, 0.3) is 0 Å². The summed E-state index contributed by atoms with van der Waals surface area (Å²) >= 11 is 1.58. The SMILES string of the molecule is COc1nc(N)nc2sc(C)cc12. The van der Waals surface area contributed by atoms with E-state index in [-0.39, 0.29) is 5.95 Å². The largest absolute Gasteiger partial charge is 0.480 e. The molecule has 0 bridgehead atoms. The van der Waals surface area contributed by atoms with Crippen molar-refractivity contribution in [2.45, 2.75) is 6.92 Å². The maximum Gasteiger partial charge on any atom is 0.226 e. The molecule has 2 heterocycles. The van der Waals surface area contributed by atoms with Gasteiger partial charge >= 0.3 is 0 Å². The van der Waals surface area contributed by atoms with Gasteiger partial charge in [-0.1, -0.05) is 0 Å². The Labute approximate surface area is 79.4 Å². The van der Waals surface area contributed by atoms with Gasteiger partial charge in [-0.25, -0.2) is 4.98 Å². The summed E-state index contributed by atoms with van der Waals surface area (Å²) in [5, 5.41) is 0.930. The van der Waals surface area contributed by atoms with Crippen LogP contribution in [0.1, 0.15) is 4.88 Å². The number of anilines is 1. The first-order valence-electron chi connectivity index (χ1n) is 3.78. The van der Waals surface area contributed by atoms with E-state index in [1.807, 2.05) is 13.0 Å². The molecule has 2 aromatic heterocycles. The Hall–Kier alpha value is -1.36. The summed E-state index contributed by atoms with van der Waals surface area (Å²) in [5.41, 5.74) is 5.51. The van der Waals surface area contributed by atoms with Crippen molar-refractivity contribution in [3.8, 4) is 5.88 Å². The lowest BCUT2D eigenvalue weighted by molar-refractivity contribution is 0.403. The number of methoxy groups -OCH3 is 1. The number of aryl methyl sites for hydroxylation is 1. The quantitative estimate of drug-likeness (QED) is 0.750. The van der Waals surface area contributed by atoms with Crippen LogP contribution >= 0.6 is 11.3 Å². The van der Waals surface area contributed by atoms with Gasteiger partial charge in [-0.3, -0.25) is 0 Å². The van der Waals surface area contributed by atoms with Crippen LogP contribution in [0.5, 0.6) is 5.88 Å². The van der Waals surface area contributed by atoms with Crippen molar-refractivity contribution < 1.29 is 4.74 Å². The van der Waals surface area contributed by atoms with Crippen LogP contribution in [0, 0.1) is 6.92 Å². The van der Waals surface area contributed by atoms with E-state index >= 15 is 0 Å². The van der Waals surface area contributed by atoms with Gasteiger partial charge < -0.3 is 10.5 Å². The fraction of sp³-hybridized carbons (Fsp3) is 0.250. The molecule has 0 aliphatic carbocycles. The molecule has 0 amide bonds. The number of hydrogen-bond donors (Lipinski definition) is 1. The van der Waals surface area contributed by atoms with E-state index in [1.54, 1.807) is 18.4 Å². The molecule has 2 N–H and O–H groups in total. The second-order valence-corrected chi connectivity index (χ2v) is 3.90. The minimum Gasteiger partial charge on any atom is -0.480 e. The van der Waals surface area contributed by atoms with Crippen LogP contribution in [0.4, 0.5) is 5.95 Å². The highest BCUT2D eigenvalue weighted by molar-refractivity contribution is 7.18. The average molecular weight is 195 g/mol. The zero-order chi connectivity index (χ0) is 9.42. The Morgan fingerprint density at radius 2 is 2.23 bits per heavy atom. The third kappa shape index (κ3) is 1.31. The summed E-state index contributed by atoms with van der Waals surface area (Å²) in [6, 6.07) is 2.00. The first kappa shape index (κ1) is 8.25. The van der Waals surface area contributed by atoms with Crippen LogP contribution in [0.2, 0.25) is 0 Å². The zero-order valence-electron chi connectivity index (χ0n) is 7.37. The summed E-state index contributed by atoms with van der Waals surface area (Å²) < 4.78 is 5.10. The number of ether oxygens (including phenoxy) is 1. The number of fused-ring (bicyclic) bond motifs is 1. The second-order valence-electron chi connectivity index (χ2n) is 2.67. The number of nitrogens with two attached hydrogens (primary N) is 1. The van der Waals surface area contributed by atoms with Crippen molar-refractivity contribution in [2.24, 2.45) is 0 Å². The Morgan fingerprint density at radius 1 is 1.46 bits per heavy atom. The third-order valence-electron chi connectivity index (χ3n) is 1.69. The molecule has 5 heteroatoms. The minimum absolute atomic E-state index is 0.256. The Kier molecular flexibility index (Phi) is 1.81. The Bertz CT molecular complexity index is 452. The molecule has 0 radical (unpaired) electrons. The molecule has 0 atom stereocenters. The molecular formula is C8H9N3OS. The van der Waals surface area contributed by atoms with Gasteiger partial charge in [-0.2, -0.15) is 4.98 Å². The maximum absolute atomic E-state index is 5.51. The summed E-state index contributed by atoms with van der Waals surface area (Å²) in [6.45, 7) is 2.02. The average Bonchev–Trinajstić information content (AvgIpc) is 2.43. The Balaban J connectivity index is 2.80. The molecule has 13 heavy (non-hydrogen) atoms. The van der Waals surface area contributed by atoms with Crippen molar-refractivity contribution >= 4 is 27.5 Å². The summed E-state index contributed by atoms with van der Waals surface area (Å²) in [5.74, 6) is 0.804. The molecular weight excluding hydrogens is 186 g/mol. The van der Waals surface area contributed by atoms with Gasteiger partial charge in [0.05, 0.1) is 12.5 Å². The first-order chi connectivity index (χ1) is 6.20. The topological polar surface area (TPSA) is 61.0 Å². The molecule has 2 rings (SSSR count). The van der Waals surface area contributed by atoms with Gasteiger partial charge in [-0.15, -0.1) is 11.3 Å². The molecule has 0 unspecified atom stereocenters. The minimum atomic E-state index is 0.256. The van der Waals surface area contributed by atoms with E-state index in [0.29, 0.717) is 5.88 Å². The van der Waals surface area contributed by atoms with Gasteiger partial charge in [0.15, 0.2) is 0 Å². The molecule has 2 aromatic rings. The van der Waals surface area contributed by atoms with Crippen LogP contribution < -0.4 is 10.5 Å². The second kappa shape index (κ2) is 2.85. The molecule has 0 saturated heterocycles. The number of nitrogen functional groups attached to an aromatic ring is 1. The van der Waals surface area contributed by atoms with Crippen molar-refractivity contribution in [3.63, 3.8) is 0 Å². The van der Waals surface area contributed by atoms with Crippen LogP contribution in [-0.4, -0.2) is 17.1 Å². The normalized spacial score (nSPS) is 10.6. The first-order valence-corrected chi connectivity index (χ1v) is 4.60. The predicted molar refractivity (Wildman–Crippen MR) is 53.1 cm³/mol. The molecule has 0 spiro atoms. The van der Waals surface area contributed by atoms with E-state index in [4.69, 9.17) is 10.5 Å². The third-order valence-corrected chi connectivity index (χ3v) is 2.64. The summed E-state index contributed by atoms with van der Waals surface area (Å²) in [7, 11) is 1.58. The Morgan fingerprint density at radius 3 is 2.92 bits per heavy atom. The van der Waals surface area contributed by atoms with E-state index in [0.717, 1.165) is 10.2 Å². The molecule has 68 valence electrons. The van der Waals surface area contributed by atoms with Gasteiger partial charge in [-0.05, 0) is 13.0 Å². The highest BCUT2D eigenvalue weighted by Gasteiger charge is 2.08. The zero-order valence-corrected chi connectivity index (χ0v) is 8.18. The fourth-order valence-electron chi connectivity index (χ4n) is 1.19. The maximum atomic E-state index is 5.51. The van der Waals surface area contributed by atoms with Crippen LogP contribution in [-0.2, 0) is 0 Å². The molecule has 0 aliphatic rings. The number of aromatic nitrogens is 2. The van der Waals surface area contributed by atoms with Gasteiger partial charge in [0, 0.05) is 4.88 Å². The summed E-state index contributed by atoms with van der Waals surface area (Å²) in [6.07, 6.45) is 0. The fourth-order valence-corrected chi connectivity index (χ4v) is 2.06. The highest BCUT2D eigenvalue weighted by Crippen LogP contribution is 2.29. The lowest BCUT2D eigenvalue weighted by Crippen LogP contribution is -1.96. The number of hydrogen-bond acceptors (Lipinski definition) is 5. The van der Waals surface area contributed by atoms with Gasteiger partial charge in [0.2, 0.25) is 11.8 Å². The van der Waals surface area contributed by atoms with Crippen molar-refractivity contribution in [3.05, 3.63) is 10.9 Å².